The first-order valence-electron chi connectivity index (χ1n) is 5.75. The van der Waals surface area contributed by atoms with Crippen LogP contribution in [-0.2, 0) is 4.79 Å². The van der Waals surface area contributed by atoms with E-state index in [-0.39, 0.29) is 5.57 Å². The van der Waals surface area contributed by atoms with Crippen molar-refractivity contribution in [1.82, 2.24) is 0 Å². The summed E-state index contributed by atoms with van der Waals surface area (Å²) in [6.07, 6.45) is 3.74. The molecule has 0 amide bonds. The van der Waals surface area contributed by atoms with Crippen LogP contribution in [0.3, 0.4) is 0 Å². The fraction of sp³-hybridized carbons (Fsp3) is 0.286. The number of unbranched alkanes of at least 4 members (excludes halogenated alkanes) is 1. The standard InChI is InChI=1S/C14H15NO2S/c1-2-3-8-18-13-6-4-11(5-7-13)9-12(10-15)14(16)17/h4-7,9H,2-3,8H2,1H3,(H,16,17). The smallest absolute Gasteiger partial charge is 0.346 e. The molecule has 1 aromatic carbocycles. The third kappa shape index (κ3) is 4.64. The summed E-state index contributed by atoms with van der Waals surface area (Å²) in [5.41, 5.74) is 0.482. The second-order valence-corrected chi connectivity index (χ2v) is 4.91. The van der Waals surface area contributed by atoms with Gasteiger partial charge in [0.05, 0.1) is 0 Å². The van der Waals surface area contributed by atoms with Crippen LogP contribution in [0, 0.1) is 11.3 Å². The highest BCUT2D eigenvalue weighted by molar-refractivity contribution is 7.99. The predicted octanol–water partition coefficient (Wildman–Crippen LogP) is 3.57. The molecule has 18 heavy (non-hydrogen) atoms. The van der Waals surface area contributed by atoms with Gasteiger partial charge in [0.1, 0.15) is 11.6 Å². The Balaban J connectivity index is 2.71. The highest BCUT2D eigenvalue weighted by Crippen LogP contribution is 2.20. The zero-order valence-corrected chi connectivity index (χ0v) is 11.0. The summed E-state index contributed by atoms with van der Waals surface area (Å²) < 4.78 is 0. The summed E-state index contributed by atoms with van der Waals surface area (Å²) in [6, 6.07) is 9.21. The van der Waals surface area contributed by atoms with Gasteiger partial charge in [0, 0.05) is 4.90 Å². The van der Waals surface area contributed by atoms with Crippen LogP contribution in [0.1, 0.15) is 25.3 Å². The van der Waals surface area contributed by atoms with Gasteiger partial charge in [-0.05, 0) is 35.9 Å². The average Bonchev–Trinajstić information content (AvgIpc) is 2.37. The number of nitrogens with zero attached hydrogens (tertiary/aromatic N) is 1. The third-order valence-electron chi connectivity index (χ3n) is 2.31. The first kappa shape index (κ1) is 14.3. The van der Waals surface area contributed by atoms with E-state index in [0.29, 0.717) is 0 Å². The van der Waals surface area contributed by atoms with E-state index in [1.54, 1.807) is 17.8 Å². The maximum absolute atomic E-state index is 10.7. The molecule has 0 fully saturated rings. The Kier molecular flexibility index (Phi) is 6.03. The van der Waals surface area contributed by atoms with Gasteiger partial charge in [-0.15, -0.1) is 11.8 Å². The predicted molar refractivity (Wildman–Crippen MR) is 73.3 cm³/mol. The van der Waals surface area contributed by atoms with Gasteiger partial charge in [0.15, 0.2) is 0 Å². The van der Waals surface area contributed by atoms with Gasteiger partial charge in [-0.25, -0.2) is 4.79 Å². The first-order chi connectivity index (χ1) is 8.67. The summed E-state index contributed by atoms with van der Waals surface area (Å²) in [7, 11) is 0. The molecule has 1 rings (SSSR count). The van der Waals surface area contributed by atoms with E-state index in [1.807, 2.05) is 24.3 Å². The molecule has 0 saturated carbocycles. The van der Waals surface area contributed by atoms with Crippen molar-refractivity contribution in [3.63, 3.8) is 0 Å². The van der Waals surface area contributed by atoms with Gasteiger partial charge >= 0.3 is 5.97 Å². The topological polar surface area (TPSA) is 61.1 Å². The Morgan fingerprint density at radius 1 is 1.44 bits per heavy atom. The van der Waals surface area contributed by atoms with Crippen molar-refractivity contribution in [1.29, 1.82) is 5.26 Å². The van der Waals surface area contributed by atoms with Crippen LogP contribution < -0.4 is 0 Å². The molecular weight excluding hydrogens is 246 g/mol. The molecule has 4 heteroatoms. The van der Waals surface area contributed by atoms with E-state index >= 15 is 0 Å². The normalized spacial score (nSPS) is 11.0. The van der Waals surface area contributed by atoms with Crippen molar-refractivity contribution < 1.29 is 9.90 Å². The maximum Gasteiger partial charge on any atom is 0.346 e. The highest BCUT2D eigenvalue weighted by Gasteiger charge is 2.05. The molecule has 1 N–H and O–H groups in total. The quantitative estimate of drug-likeness (QED) is 0.368. The fourth-order valence-corrected chi connectivity index (χ4v) is 2.30. The molecule has 0 unspecified atom stereocenters. The molecule has 0 aromatic heterocycles. The minimum absolute atomic E-state index is 0.249. The average molecular weight is 261 g/mol. The zero-order valence-electron chi connectivity index (χ0n) is 10.2. The number of thioether (sulfide) groups is 1. The van der Waals surface area contributed by atoms with Gasteiger partial charge in [0.25, 0.3) is 0 Å². The van der Waals surface area contributed by atoms with E-state index in [9.17, 15) is 4.79 Å². The molecule has 3 nitrogen and oxygen atoms in total. The van der Waals surface area contributed by atoms with Gasteiger partial charge in [0.2, 0.25) is 0 Å². The number of carbonyl (C=O) groups is 1. The second kappa shape index (κ2) is 7.57. The van der Waals surface area contributed by atoms with Crippen LogP contribution in [0.4, 0.5) is 0 Å². The summed E-state index contributed by atoms with van der Waals surface area (Å²) in [5.74, 6) is -0.108. The Morgan fingerprint density at radius 2 is 2.11 bits per heavy atom. The Morgan fingerprint density at radius 3 is 2.61 bits per heavy atom. The molecule has 0 spiro atoms. The summed E-state index contributed by atoms with van der Waals surface area (Å²) in [4.78, 5) is 11.8. The minimum atomic E-state index is -1.20. The molecule has 0 saturated heterocycles. The SMILES string of the molecule is CCCCSc1ccc(C=C(C#N)C(=O)O)cc1. The van der Waals surface area contributed by atoms with Crippen molar-refractivity contribution in [2.75, 3.05) is 5.75 Å². The van der Waals surface area contributed by atoms with Crippen LogP contribution in [0.15, 0.2) is 34.7 Å². The Labute approximate surface area is 111 Å². The van der Waals surface area contributed by atoms with Crippen molar-refractivity contribution in [2.45, 2.75) is 24.7 Å². The number of carboxylic acid groups (broad SMARTS) is 1. The number of aliphatic carboxylic acids is 1. The minimum Gasteiger partial charge on any atom is -0.477 e. The third-order valence-corrected chi connectivity index (χ3v) is 3.41. The molecule has 0 aliphatic carbocycles. The zero-order chi connectivity index (χ0) is 13.4. The van der Waals surface area contributed by atoms with E-state index < -0.39 is 5.97 Å². The lowest BCUT2D eigenvalue weighted by Crippen LogP contribution is -1.97. The van der Waals surface area contributed by atoms with Crippen LogP contribution in [-0.4, -0.2) is 16.8 Å². The molecule has 0 aliphatic heterocycles. The van der Waals surface area contributed by atoms with Crippen molar-refractivity contribution in [3.05, 3.63) is 35.4 Å². The number of nitriles is 1. The van der Waals surface area contributed by atoms with Gasteiger partial charge in [-0.1, -0.05) is 25.5 Å². The largest absolute Gasteiger partial charge is 0.477 e. The van der Waals surface area contributed by atoms with E-state index in [4.69, 9.17) is 10.4 Å². The molecule has 0 aliphatic rings. The van der Waals surface area contributed by atoms with Gasteiger partial charge in [-0.3, -0.25) is 0 Å². The lowest BCUT2D eigenvalue weighted by molar-refractivity contribution is -0.132. The molecule has 0 atom stereocenters. The van der Waals surface area contributed by atoms with Crippen LogP contribution in [0.2, 0.25) is 0 Å². The lowest BCUT2D eigenvalue weighted by Gasteiger charge is -2.01. The van der Waals surface area contributed by atoms with E-state index in [1.165, 1.54) is 18.9 Å². The molecule has 0 bridgehead atoms. The highest BCUT2D eigenvalue weighted by atomic mass is 32.2. The summed E-state index contributed by atoms with van der Waals surface area (Å²) >= 11 is 1.78. The Bertz CT molecular complexity index is 472. The second-order valence-electron chi connectivity index (χ2n) is 3.75. The van der Waals surface area contributed by atoms with E-state index in [2.05, 4.69) is 6.92 Å². The van der Waals surface area contributed by atoms with Crippen LogP contribution in [0.25, 0.3) is 6.08 Å². The maximum atomic E-state index is 10.7. The van der Waals surface area contributed by atoms with Crippen LogP contribution >= 0.6 is 11.8 Å². The lowest BCUT2D eigenvalue weighted by atomic mass is 10.1. The van der Waals surface area contributed by atoms with Crippen LogP contribution in [0.5, 0.6) is 0 Å². The monoisotopic (exact) mass is 261 g/mol. The Hall–Kier alpha value is -1.73. The number of carboxylic acids is 1. The fourth-order valence-electron chi connectivity index (χ4n) is 1.30. The van der Waals surface area contributed by atoms with Gasteiger partial charge < -0.3 is 5.11 Å². The summed E-state index contributed by atoms with van der Waals surface area (Å²) in [6.45, 7) is 2.16. The molecule has 94 valence electrons. The molecule has 1 aromatic rings. The first-order valence-corrected chi connectivity index (χ1v) is 6.74. The van der Waals surface area contributed by atoms with E-state index in [0.717, 1.165) is 16.2 Å². The number of benzene rings is 1. The molecular formula is C14H15NO2S. The molecule has 0 radical (unpaired) electrons. The number of rotatable bonds is 6. The van der Waals surface area contributed by atoms with Crippen molar-refractivity contribution >= 4 is 23.8 Å². The number of hydrogen-bond acceptors (Lipinski definition) is 3. The van der Waals surface area contributed by atoms with Gasteiger partial charge in [-0.2, -0.15) is 5.26 Å². The number of hydrogen-bond donors (Lipinski definition) is 1. The van der Waals surface area contributed by atoms with Crippen molar-refractivity contribution in [2.24, 2.45) is 0 Å². The summed E-state index contributed by atoms with van der Waals surface area (Å²) in [5, 5.41) is 17.4. The molecule has 0 heterocycles. The van der Waals surface area contributed by atoms with Crippen molar-refractivity contribution in [3.8, 4) is 6.07 Å².